The van der Waals surface area contributed by atoms with Crippen LogP contribution in [0.2, 0.25) is 0 Å². The van der Waals surface area contributed by atoms with E-state index in [0.717, 1.165) is 17.3 Å². The highest BCUT2D eigenvalue weighted by Crippen LogP contribution is 2.10. The van der Waals surface area contributed by atoms with Gasteiger partial charge in [0.1, 0.15) is 6.54 Å². The Morgan fingerprint density at radius 2 is 1.95 bits per heavy atom. The number of hydrogen-bond donors (Lipinski definition) is 2. The molecule has 5 nitrogen and oxygen atoms in total. The molecule has 0 atom stereocenters. The van der Waals surface area contributed by atoms with Crippen LogP contribution in [0.1, 0.15) is 11.3 Å². The molecule has 0 bridgehead atoms. The number of aromatic nitrogens is 1. The van der Waals surface area contributed by atoms with Gasteiger partial charge in [-0.2, -0.15) is 0 Å². The van der Waals surface area contributed by atoms with Crippen molar-refractivity contribution in [2.24, 2.45) is 0 Å². The number of aliphatic carboxylic acids is 1. The van der Waals surface area contributed by atoms with Crippen molar-refractivity contribution in [1.29, 1.82) is 0 Å². The highest BCUT2D eigenvalue weighted by molar-refractivity contribution is 5.91. The number of anilines is 1. The Bertz CT molecular complexity index is 669. The normalized spacial score (nSPS) is 10.7. The van der Waals surface area contributed by atoms with E-state index < -0.39 is 5.97 Å². The van der Waals surface area contributed by atoms with Gasteiger partial charge in [-0.25, -0.2) is 4.79 Å². The van der Waals surface area contributed by atoms with Crippen LogP contribution in [0.3, 0.4) is 0 Å². The lowest BCUT2D eigenvalue weighted by atomic mass is 10.2. The average molecular weight is 284 g/mol. The maximum atomic E-state index is 12.0. The van der Waals surface area contributed by atoms with Crippen molar-refractivity contribution in [3.05, 3.63) is 59.9 Å². The van der Waals surface area contributed by atoms with E-state index in [-0.39, 0.29) is 12.5 Å². The SMILES string of the molecule is Cc1ccc(NC(=O)Cn2cccc2/C=C/C(=O)O)cc1. The molecule has 108 valence electrons. The highest BCUT2D eigenvalue weighted by Gasteiger charge is 2.05. The van der Waals surface area contributed by atoms with E-state index >= 15 is 0 Å². The van der Waals surface area contributed by atoms with Crippen LogP contribution in [0.15, 0.2) is 48.7 Å². The van der Waals surface area contributed by atoms with Crippen LogP contribution < -0.4 is 5.32 Å². The number of nitrogens with zero attached hydrogens (tertiary/aromatic N) is 1. The second kappa shape index (κ2) is 6.56. The Labute approximate surface area is 122 Å². The number of amides is 1. The first-order valence-corrected chi connectivity index (χ1v) is 6.47. The molecule has 0 aliphatic carbocycles. The number of aryl methyl sites for hydroxylation is 1. The van der Waals surface area contributed by atoms with Gasteiger partial charge in [0.2, 0.25) is 5.91 Å². The molecule has 0 saturated carbocycles. The van der Waals surface area contributed by atoms with Crippen molar-refractivity contribution in [3.8, 4) is 0 Å². The second-order valence-corrected chi connectivity index (χ2v) is 4.65. The predicted octanol–water partition coefficient (Wildman–Crippen LogP) is 2.53. The summed E-state index contributed by atoms with van der Waals surface area (Å²) >= 11 is 0. The molecule has 21 heavy (non-hydrogen) atoms. The van der Waals surface area contributed by atoms with E-state index in [9.17, 15) is 9.59 Å². The third-order valence-electron chi connectivity index (χ3n) is 2.91. The molecule has 0 fully saturated rings. The lowest BCUT2D eigenvalue weighted by Crippen LogP contribution is -2.18. The maximum absolute atomic E-state index is 12.0. The van der Waals surface area contributed by atoms with Gasteiger partial charge in [0.25, 0.3) is 0 Å². The number of rotatable bonds is 5. The van der Waals surface area contributed by atoms with Crippen molar-refractivity contribution in [3.63, 3.8) is 0 Å². The van der Waals surface area contributed by atoms with Crippen LogP contribution >= 0.6 is 0 Å². The molecular formula is C16H16N2O3. The van der Waals surface area contributed by atoms with Gasteiger partial charge in [-0.05, 0) is 37.3 Å². The maximum Gasteiger partial charge on any atom is 0.328 e. The minimum Gasteiger partial charge on any atom is -0.478 e. The molecule has 5 heteroatoms. The number of nitrogens with one attached hydrogen (secondary N) is 1. The zero-order chi connectivity index (χ0) is 15.2. The fourth-order valence-corrected chi connectivity index (χ4v) is 1.87. The number of carboxylic acids is 1. The van der Waals surface area contributed by atoms with E-state index in [0.29, 0.717) is 5.69 Å². The molecule has 0 aliphatic heterocycles. The van der Waals surface area contributed by atoms with E-state index in [1.807, 2.05) is 31.2 Å². The number of benzene rings is 1. The number of carbonyl (C=O) groups is 2. The van der Waals surface area contributed by atoms with Gasteiger partial charge in [-0.1, -0.05) is 17.7 Å². The molecule has 1 amide bonds. The summed E-state index contributed by atoms with van der Waals surface area (Å²) in [5, 5.41) is 11.4. The van der Waals surface area contributed by atoms with E-state index in [1.165, 1.54) is 6.08 Å². The minimum atomic E-state index is -1.02. The third kappa shape index (κ3) is 4.35. The molecule has 0 saturated heterocycles. The summed E-state index contributed by atoms with van der Waals surface area (Å²) in [5.41, 5.74) is 2.52. The summed E-state index contributed by atoms with van der Waals surface area (Å²) in [5.74, 6) is -1.19. The van der Waals surface area contributed by atoms with Crippen molar-refractivity contribution >= 4 is 23.6 Å². The van der Waals surface area contributed by atoms with Gasteiger partial charge in [-0.3, -0.25) is 4.79 Å². The first-order valence-electron chi connectivity index (χ1n) is 6.47. The van der Waals surface area contributed by atoms with Gasteiger partial charge in [0.05, 0.1) is 0 Å². The lowest BCUT2D eigenvalue weighted by Gasteiger charge is -2.08. The van der Waals surface area contributed by atoms with Crippen LogP contribution in [0.4, 0.5) is 5.69 Å². The summed E-state index contributed by atoms with van der Waals surface area (Å²) in [7, 11) is 0. The molecule has 2 aromatic rings. The number of carboxylic acid groups (broad SMARTS) is 1. The Morgan fingerprint density at radius 3 is 2.62 bits per heavy atom. The van der Waals surface area contributed by atoms with E-state index in [1.54, 1.807) is 22.9 Å². The Kier molecular flexibility index (Phi) is 4.56. The highest BCUT2D eigenvalue weighted by atomic mass is 16.4. The van der Waals surface area contributed by atoms with Crippen LogP contribution in [-0.4, -0.2) is 21.6 Å². The molecule has 1 aromatic carbocycles. The quantitative estimate of drug-likeness (QED) is 0.829. The Balaban J connectivity index is 2.01. The standard InChI is InChI=1S/C16H16N2O3/c1-12-4-6-13(7-5-12)17-15(19)11-18-10-2-3-14(18)8-9-16(20)21/h2-10H,11H2,1H3,(H,17,19)(H,20,21)/b9-8+. The van der Waals surface area contributed by atoms with E-state index in [2.05, 4.69) is 5.32 Å². The monoisotopic (exact) mass is 284 g/mol. The van der Waals surface area contributed by atoms with Crippen LogP contribution in [0.25, 0.3) is 6.08 Å². The average Bonchev–Trinajstić information content (AvgIpc) is 2.86. The molecular weight excluding hydrogens is 268 g/mol. The minimum absolute atomic E-state index is 0.125. The van der Waals surface area contributed by atoms with Crippen LogP contribution in [0.5, 0.6) is 0 Å². The van der Waals surface area contributed by atoms with Gasteiger partial charge in [-0.15, -0.1) is 0 Å². The summed E-state index contributed by atoms with van der Waals surface area (Å²) < 4.78 is 1.68. The summed E-state index contributed by atoms with van der Waals surface area (Å²) in [6.45, 7) is 2.10. The second-order valence-electron chi connectivity index (χ2n) is 4.65. The van der Waals surface area contributed by atoms with E-state index in [4.69, 9.17) is 5.11 Å². The summed E-state index contributed by atoms with van der Waals surface area (Å²) in [4.78, 5) is 22.5. The first-order chi connectivity index (χ1) is 10.0. The Morgan fingerprint density at radius 1 is 1.24 bits per heavy atom. The van der Waals surface area contributed by atoms with Gasteiger partial charge in [0, 0.05) is 23.7 Å². The van der Waals surface area contributed by atoms with Gasteiger partial charge < -0.3 is 15.0 Å². The molecule has 0 spiro atoms. The van der Waals surface area contributed by atoms with Gasteiger partial charge >= 0.3 is 5.97 Å². The largest absolute Gasteiger partial charge is 0.478 e. The molecule has 0 aliphatic rings. The predicted molar refractivity (Wildman–Crippen MR) is 80.9 cm³/mol. The van der Waals surface area contributed by atoms with Crippen LogP contribution in [-0.2, 0) is 16.1 Å². The van der Waals surface area contributed by atoms with Gasteiger partial charge in [0.15, 0.2) is 0 Å². The molecule has 0 radical (unpaired) electrons. The number of carbonyl (C=O) groups excluding carboxylic acids is 1. The fraction of sp³-hybridized carbons (Fsp3) is 0.125. The molecule has 1 aromatic heterocycles. The molecule has 2 N–H and O–H groups in total. The van der Waals surface area contributed by atoms with Crippen molar-refractivity contribution in [1.82, 2.24) is 4.57 Å². The lowest BCUT2D eigenvalue weighted by molar-refractivity contribution is -0.131. The summed E-state index contributed by atoms with van der Waals surface area (Å²) in [6.07, 6.45) is 4.24. The topological polar surface area (TPSA) is 71.3 Å². The first kappa shape index (κ1) is 14.6. The molecule has 2 rings (SSSR count). The Hall–Kier alpha value is -2.82. The fourth-order valence-electron chi connectivity index (χ4n) is 1.87. The smallest absolute Gasteiger partial charge is 0.328 e. The van der Waals surface area contributed by atoms with Crippen molar-refractivity contribution in [2.45, 2.75) is 13.5 Å². The summed E-state index contributed by atoms with van der Waals surface area (Å²) in [6, 6.07) is 11.0. The molecule has 0 unspecified atom stereocenters. The zero-order valence-electron chi connectivity index (χ0n) is 11.6. The number of hydrogen-bond acceptors (Lipinski definition) is 2. The third-order valence-corrected chi connectivity index (χ3v) is 2.91. The van der Waals surface area contributed by atoms with Crippen molar-refractivity contribution < 1.29 is 14.7 Å². The molecule has 1 heterocycles. The van der Waals surface area contributed by atoms with Crippen molar-refractivity contribution in [2.75, 3.05) is 5.32 Å². The van der Waals surface area contributed by atoms with Crippen LogP contribution in [0, 0.1) is 6.92 Å². The zero-order valence-corrected chi connectivity index (χ0v) is 11.6.